The van der Waals surface area contributed by atoms with E-state index in [1.165, 1.54) is 12.8 Å². The average Bonchev–Trinajstić information content (AvgIpc) is 3.30. The van der Waals surface area contributed by atoms with E-state index >= 15 is 0 Å². The summed E-state index contributed by atoms with van der Waals surface area (Å²) in [5.74, 6) is 2.49. The highest BCUT2D eigenvalue weighted by Crippen LogP contribution is 2.31. The Morgan fingerprint density at radius 2 is 2.05 bits per heavy atom. The number of hydrogen-bond acceptors (Lipinski definition) is 4. The number of ether oxygens (including phenoxy) is 3. The van der Waals surface area contributed by atoms with Crippen molar-refractivity contribution < 1.29 is 14.2 Å². The molecule has 1 atom stereocenters. The molecule has 0 heterocycles. The Morgan fingerprint density at radius 3 is 2.65 bits per heavy atom. The highest BCUT2D eigenvalue weighted by atomic mass is 16.5. The lowest BCUT2D eigenvalue weighted by molar-refractivity contribution is 0.102. The van der Waals surface area contributed by atoms with Gasteiger partial charge in [-0.15, -0.1) is 0 Å². The van der Waals surface area contributed by atoms with Crippen molar-refractivity contribution in [2.75, 3.05) is 34.0 Å². The summed E-state index contributed by atoms with van der Waals surface area (Å²) in [5, 5.41) is 3.46. The summed E-state index contributed by atoms with van der Waals surface area (Å²) in [5.41, 5.74) is 1.09. The molecule has 2 rings (SSSR count). The third-order valence-electron chi connectivity index (χ3n) is 3.60. The van der Waals surface area contributed by atoms with Crippen molar-refractivity contribution in [2.24, 2.45) is 5.92 Å². The van der Waals surface area contributed by atoms with Gasteiger partial charge in [0.1, 0.15) is 11.5 Å². The smallest absolute Gasteiger partial charge is 0.123 e. The molecule has 1 aliphatic rings. The summed E-state index contributed by atoms with van der Waals surface area (Å²) in [6.07, 6.45) is 2.63. The Bertz CT molecular complexity index is 418. The van der Waals surface area contributed by atoms with Crippen LogP contribution in [-0.4, -0.2) is 34.0 Å². The zero-order valence-electron chi connectivity index (χ0n) is 12.6. The Balaban J connectivity index is 2.08. The molecular weight excluding hydrogens is 254 g/mol. The van der Waals surface area contributed by atoms with Crippen molar-refractivity contribution >= 4 is 0 Å². The fourth-order valence-corrected chi connectivity index (χ4v) is 2.25. The first-order valence-electron chi connectivity index (χ1n) is 7.31. The summed E-state index contributed by atoms with van der Waals surface area (Å²) in [7, 11) is 3.37. The maximum Gasteiger partial charge on any atom is 0.123 e. The van der Waals surface area contributed by atoms with Crippen LogP contribution >= 0.6 is 0 Å². The average molecular weight is 279 g/mol. The maximum absolute atomic E-state index is 5.84. The standard InChI is InChI=1S/C16H25NO3/c1-4-17-15(11-20-10-12-5-6-12)14-9-13(18-2)7-8-16(14)19-3/h7-9,12,15,17H,4-6,10-11H2,1-3H3. The first kappa shape index (κ1) is 15.1. The molecular formula is C16H25NO3. The summed E-state index contributed by atoms with van der Waals surface area (Å²) in [4.78, 5) is 0. The van der Waals surface area contributed by atoms with Crippen LogP contribution in [0.25, 0.3) is 0 Å². The highest BCUT2D eigenvalue weighted by molar-refractivity contribution is 5.42. The summed E-state index contributed by atoms with van der Waals surface area (Å²) < 4.78 is 16.6. The lowest BCUT2D eigenvalue weighted by atomic mass is 10.1. The topological polar surface area (TPSA) is 39.7 Å². The van der Waals surface area contributed by atoms with Gasteiger partial charge in [0.05, 0.1) is 26.9 Å². The predicted octanol–water partition coefficient (Wildman–Crippen LogP) is 2.78. The van der Waals surface area contributed by atoms with Crippen LogP contribution in [0.4, 0.5) is 0 Å². The maximum atomic E-state index is 5.84. The Kier molecular flexibility index (Phi) is 5.68. The fourth-order valence-electron chi connectivity index (χ4n) is 2.25. The van der Waals surface area contributed by atoms with E-state index in [1.54, 1.807) is 14.2 Å². The second-order valence-electron chi connectivity index (χ2n) is 5.20. The second kappa shape index (κ2) is 7.50. The first-order chi connectivity index (χ1) is 9.78. The van der Waals surface area contributed by atoms with Gasteiger partial charge in [0.15, 0.2) is 0 Å². The van der Waals surface area contributed by atoms with E-state index in [2.05, 4.69) is 12.2 Å². The zero-order chi connectivity index (χ0) is 14.4. The van der Waals surface area contributed by atoms with E-state index < -0.39 is 0 Å². The van der Waals surface area contributed by atoms with Crippen LogP contribution in [-0.2, 0) is 4.74 Å². The molecule has 1 N–H and O–H groups in total. The largest absolute Gasteiger partial charge is 0.497 e. The lowest BCUT2D eigenvalue weighted by Crippen LogP contribution is -2.26. The van der Waals surface area contributed by atoms with Gasteiger partial charge in [-0.1, -0.05) is 6.92 Å². The molecule has 0 aromatic heterocycles. The number of nitrogens with one attached hydrogen (secondary N) is 1. The number of benzene rings is 1. The van der Waals surface area contributed by atoms with Gasteiger partial charge in [-0.25, -0.2) is 0 Å². The van der Waals surface area contributed by atoms with Crippen molar-refractivity contribution in [3.63, 3.8) is 0 Å². The van der Waals surface area contributed by atoms with Crippen LogP contribution in [0.3, 0.4) is 0 Å². The summed E-state index contributed by atoms with van der Waals surface area (Å²) in [6, 6.07) is 6.01. The van der Waals surface area contributed by atoms with Gasteiger partial charge in [0.25, 0.3) is 0 Å². The van der Waals surface area contributed by atoms with E-state index in [0.717, 1.165) is 36.1 Å². The monoisotopic (exact) mass is 279 g/mol. The number of hydrogen-bond donors (Lipinski definition) is 1. The molecule has 1 aliphatic carbocycles. The number of methoxy groups -OCH3 is 2. The molecule has 1 unspecified atom stereocenters. The third-order valence-corrected chi connectivity index (χ3v) is 3.60. The third kappa shape index (κ3) is 4.12. The molecule has 112 valence electrons. The molecule has 0 bridgehead atoms. The lowest BCUT2D eigenvalue weighted by Gasteiger charge is -2.21. The SMILES string of the molecule is CCNC(COCC1CC1)c1cc(OC)ccc1OC. The minimum absolute atomic E-state index is 0.129. The number of rotatable bonds is 9. The van der Waals surface area contributed by atoms with E-state index in [0.29, 0.717) is 6.61 Å². The predicted molar refractivity (Wildman–Crippen MR) is 79.5 cm³/mol. The van der Waals surface area contributed by atoms with Crippen LogP contribution in [0.5, 0.6) is 11.5 Å². The van der Waals surface area contributed by atoms with Crippen LogP contribution in [0.1, 0.15) is 31.4 Å². The van der Waals surface area contributed by atoms with Crippen molar-refractivity contribution in [3.8, 4) is 11.5 Å². The summed E-state index contributed by atoms with van der Waals surface area (Å²) in [6.45, 7) is 4.51. The first-order valence-corrected chi connectivity index (χ1v) is 7.31. The minimum atomic E-state index is 0.129. The van der Waals surface area contributed by atoms with Crippen LogP contribution in [0.2, 0.25) is 0 Å². The Hall–Kier alpha value is -1.26. The zero-order valence-corrected chi connectivity index (χ0v) is 12.6. The Morgan fingerprint density at radius 1 is 1.25 bits per heavy atom. The van der Waals surface area contributed by atoms with Crippen molar-refractivity contribution in [3.05, 3.63) is 23.8 Å². The molecule has 1 aromatic rings. The number of likely N-dealkylation sites (N-methyl/N-ethyl adjacent to an activating group) is 1. The van der Waals surface area contributed by atoms with Crippen molar-refractivity contribution in [1.82, 2.24) is 5.32 Å². The van der Waals surface area contributed by atoms with Gasteiger partial charge >= 0.3 is 0 Å². The van der Waals surface area contributed by atoms with Gasteiger partial charge in [-0.3, -0.25) is 0 Å². The molecule has 0 saturated heterocycles. The quantitative estimate of drug-likeness (QED) is 0.754. The molecule has 1 fully saturated rings. The molecule has 0 radical (unpaired) electrons. The molecule has 20 heavy (non-hydrogen) atoms. The molecule has 1 saturated carbocycles. The van der Waals surface area contributed by atoms with Crippen LogP contribution in [0.15, 0.2) is 18.2 Å². The molecule has 4 heteroatoms. The normalized spacial score (nSPS) is 15.9. The van der Waals surface area contributed by atoms with E-state index in [4.69, 9.17) is 14.2 Å². The highest BCUT2D eigenvalue weighted by Gasteiger charge is 2.23. The molecule has 4 nitrogen and oxygen atoms in total. The molecule has 0 spiro atoms. The van der Waals surface area contributed by atoms with Crippen molar-refractivity contribution in [1.29, 1.82) is 0 Å². The van der Waals surface area contributed by atoms with Gasteiger partial charge in [0, 0.05) is 12.2 Å². The minimum Gasteiger partial charge on any atom is -0.497 e. The molecule has 0 amide bonds. The van der Waals surface area contributed by atoms with Gasteiger partial charge in [-0.2, -0.15) is 0 Å². The van der Waals surface area contributed by atoms with Gasteiger partial charge in [-0.05, 0) is 43.5 Å². The van der Waals surface area contributed by atoms with E-state index in [-0.39, 0.29) is 6.04 Å². The van der Waals surface area contributed by atoms with Gasteiger partial charge < -0.3 is 19.5 Å². The van der Waals surface area contributed by atoms with Crippen molar-refractivity contribution in [2.45, 2.75) is 25.8 Å². The molecule has 0 aliphatic heterocycles. The van der Waals surface area contributed by atoms with Crippen LogP contribution in [0, 0.1) is 5.92 Å². The fraction of sp³-hybridized carbons (Fsp3) is 0.625. The Labute approximate surface area is 121 Å². The van der Waals surface area contributed by atoms with E-state index in [9.17, 15) is 0 Å². The second-order valence-corrected chi connectivity index (χ2v) is 5.20. The summed E-state index contributed by atoms with van der Waals surface area (Å²) >= 11 is 0. The molecule has 1 aromatic carbocycles. The van der Waals surface area contributed by atoms with E-state index in [1.807, 2.05) is 18.2 Å². The van der Waals surface area contributed by atoms with Gasteiger partial charge in [0.2, 0.25) is 0 Å². The van der Waals surface area contributed by atoms with Crippen LogP contribution < -0.4 is 14.8 Å².